The van der Waals surface area contributed by atoms with E-state index in [9.17, 15) is 23.1 Å². The van der Waals surface area contributed by atoms with Gasteiger partial charge < -0.3 is 16.2 Å². The zero-order valence-corrected chi connectivity index (χ0v) is 10.2. The Kier molecular flexibility index (Phi) is 4.90. The van der Waals surface area contributed by atoms with E-state index in [-0.39, 0.29) is 12.1 Å². The molecule has 0 fully saturated rings. The molecule has 0 aliphatic heterocycles. The maximum absolute atomic E-state index is 12.5. The summed E-state index contributed by atoms with van der Waals surface area (Å²) >= 11 is 0. The third-order valence-corrected chi connectivity index (χ3v) is 2.64. The fourth-order valence-corrected chi connectivity index (χ4v) is 1.43. The number of benzene rings is 1. The van der Waals surface area contributed by atoms with Crippen LogP contribution in [0.4, 0.5) is 13.2 Å². The van der Waals surface area contributed by atoms with Gasteiger partial charge in [0.15, 0.2) is 0 Å². The maximum Gasteiger partial charge on any atom is 0.416 e. The number of carbonyl (C=O) groups excluding carboxylic acids is 1. The largest absolute Gasteiger partial charge is 0.416 e. The zero-order valence-electron chi connectivity index (χ0n) is 10.2. The molecule has 0 heterocycles. The molecule has 0 radical (unpaired) electrons. The highest BCUT2D eigenvalue weighted by atomic mass is 19.4. The number of aliphatic hydroxyl groups is 1. The molecule has 1 amide bonds. The third-order valence-electron chi connectivity index (χ3n) is 2.64. The second-order valence-corrected chi connectivity index (χ2v) is 4.17. The molecule has 4 nitrogen and oxygen atoms in total. The number of nitrogens with one attached hydrogen (secondary N) is 1. The Bertz CT molecular complexity index is 449. The van der Waals surface area contributed by atoms with Gasteiger partial charge in [-0.3, -0.25) is 4.79 Å². The van der Waals surface area contributed by atoms with Crippen molar-refractivity contribution >= 4 is 5.91 Å². The quantitative estimate of drug-likeness (QED) is 0.756. The fraction of sp³-hybridized carbons (Fsp3) is 0.417. The average Bonchev–Trinajstić information content (AvgIpc) is 2.34. The molecule has 106 valence electrons. The first-order chi connectivity index (χ1) is 8.71. The maximum atomic E-state index is 12.5. The van der Waals surface area contributed by atoms with Crippen molar-refractivity contribution in [2.45, 2.75) is 25.2 Å². The Morgan fingerprint density at radius 1 is 1.47 bits per heavy atom. The molecule has 0 saturated heterocycles. The van der Waals surface area contributed by atoms with Gasteiger partial charge in [-0.15, -0.1) is 0 Å². The summed E-state index contributed by atoms with van der Waals surface area (Å²) in [6, 6.07) is 3.74. The van der Waals surface area contributed by atoms with Gasteiger partial charge in [-0.05, 0) is 24.6 Å². The van der Waals surface area contributed by atoms with E-state index < -0.39 is 29.8 Å². The van der Waals surface area contributed by atoms with E-state index >= 15 is 0 Å². The van der Waals surface area contributed by atoms with Crippen LogP contribution in [-0.2, 0) is 11.0 Å². The molecular weight excluding hydrogens is 261 g/mol. The van der Waals surface area contributed by atoms with Gasteiger partial charge in [0, 0.05) is 6.54 Å². The van der Waals surface area contributed by atoms with Crippen LogP contribution in [0.3, 0.4) is 0 Å². The molecule has 1 aromatic rings. The Balaban J connectivity index is 2.72. The normalized spacial score (nSPS) is 15.0. The summed E-state index contributed by atoms with van der Waals surface area (Å²) in [6.45, 7) is 1.44. The van der Waals surface area contributed by atoms with Crippen molar-refractivity contribution < 1.29 is 23.1 Å². The summed E-state index contributed by atoms with van der Waals surface area (Å²) in [4.78, 5) is 10.8. The molecule has 0 aromatic heterocycles. The molecule has 0 aliphatic carbocycles. The number of hydrogen-bond donors (Lipinski definition) is 3. The van der Waals surface area contributed by atoms with E-state index in [1.807, 2.05) is 0 Å². The van der Waals surface area contributed by atoms with Gasteiger partial charge in [0.1, 0.15) is 0 Å². The van der Waals surface area contributed by atoms with Crippen LogP contribution in [0, 0.1) is 0 Å². The first-order valence-electron chi connectivity index (χ1n) is 5.59. The monoisotopic (exact) mass is 276 g/mol. The van der Waals surface area contributed by atoms with E-state index in [0.717, 1.165) is 12.1 Å². The lowest BCUT2D eigenvalue weighted by Gasteiger charge is -2.16. The lowest BCUT2D eigenvalue weighted by atomic mass is 10.1. The van der Waals surface area contributed by atoms with Gasteiger partial charge in [0.05, 0.1) is 17.7 Å². The molecule has 7 heteroatoms. The van der Waals surface area contributed by atoms with Gasteiger partial charge in [-0.25, -0.2) is 0 Å². The highest BCUT2D eigenvalue weighted by molar-refractivity contribution is 5.79. The minimum Gasteiger partial charge on any atom is -0.387 e. The number of hydrogen-bond acceptors (Lipinski definition) is 3. The van der Waals surface area contributed by atoms with E-state index in [4.69, 9.17) is 5.73 Å². The molecule has 4 N–H and O–H groups in total. The van der Waals surface area contributed by atoms with E-state index in [0.29, 0.717) is 0 Å². The molecule has 0 bridgehead atoms. The number of primary amides is 1. The Morgan fingerprint density at radius 2 is 2.11 bits per heavy atom. The predicted octanol–water partition coefficient (Wildman–Crippen LogP) is 1.20. The summed E-state index contributed by atoms with van der Waals surface area (Å²) in [6.07, 6.45) is -5.60. The van der Waals surface area contributed by atoms with Gasteiger partial charge in [-0.1, -0.05) is 12.1 Å². The van der Waals surface area contributed by atoms with E-state index in [1.165, 1.54) is 19.1 Å². The molecule has 2 unspecified atom stereocenters. The Labute approximate surface area is 108 Å². The van der Waals surface area contributed by atoms with E-state index in [1.54, 1.807) is 0 Å². The molecule has 19 heavy (non-hydrogen) atoms. The number of rotatable bonds is 5. The van der Waals surface area contributed by atoms with Crippen LogP contribution in [0.5, 0.6) is 0 Å². The lowest BCUT2D eigenvalue weighted by Crippen LogP contribution is -2.40. The van der Waals surface area contributed by atoms with Crippen LogP contribution in [0.1, 0.15) is 24.2 Å². The summed E-state index contributed by atoms with van der Waals surface area (Å²) in [5.74, 6) is -0.601. The van der Waals surface area contributed by atoms with Crippen molar-refractivity contribution in [2.75, 3.05) is 6.54 Å². The first kappa shape index (κ1) is 15.5. The predicted molar refractivity (Wildman–Crippen MR) is 63.1 cm³/mol. The number of aliphatic hydroxyl groups excluding tert-OH is 1. The summed E-state index contributed by atoms with van der Waals surface area (Å²) in [5.41, 5.74) is 4.31. The second-order valence-electron chi connectivity index (χ2n) is 4.17. The van der Waals surface area contributed by atoms with Crippen molar-refractivity contribution in [3.63, 3.8) is 0 Å². The second kappa shape index (κ2) is 6.03. The molecule has 2 atom stereocenters. The number of halogens is 3. The molecule has 0 spiro atoms. The Hall–Kier alpha value is -1.60. The summed E-state index contributed by atoms with van der Waals surface area (Å²) in [5, 5.41) is 12.4. The van der Waals surface area contributed by atoms with Crippen molar-refractivity contribution in [1.29, 1.82) is 0 Å². The average molecular weight is 276 g/mol. The topological polar surface area (TPSA) is 75.3 Å². The van der Waals surface area contributed by atoms with Crippen LogP contribution in [0.2, 0.25) is 0 Å². The van der Waals surface area contributed by atoms with Crippen LogP contribution in [0.25, 0.3) is 0 Å². The zero-order chi connectivity index (χ0) is 14.6. The highest BCUT2D eigenvalue weighted by Gasteiger charge is 2.30. The van der Waals surface area contributed by atoms with Gasteiger partial charge in [0.25, 0.3) is 0 Å². The number of nitrogens with two attached hydrogens (primary N) is 1. The highest BCUT2D eigenvalue weighted by Crippen LogP contribution is 2.30. The van der Waals surface area contributed by atoms with Gasteiger partial charge in [-0.2, -0.15) is 13.2 Å². The standard InChI is InChI=1S/C12H15F3N2O2/c1-7(11(16)19)17-6-10(18)8-3-2-4-9(5-8)12(13,14)15/h2-5,7,10,17-18H,6H2,1H3,(H2,16,19). The smallest absolute Gasteiger partial charge is 0.387 e. The fourth-order valence-electron chi connectivity index (χ4n) is 1.43. The first-order valence-corrected chi connectivity index (χ1v) is 5.59. The molecule has 0 saturated carbocycles. The van der Waals surface area contributed by atoms with Crippen molar-refractivity contribution in [1.82, 2.24) is 5.32 Å². The van der Waals surface area contributed by atoms with Crippen molar-refractivity contribution in [2.24, 2.45) is 5.73 Å². The van der Waals surface area contributed by atoms with Crippen molar-refractivity contribution in [3.8, 4) is 0 Å². The molecule has 1 aromatic carbocycles. The number of carbonyl (C=O) groups is 1. The van der Waals surface area contributed by atoms with Gasteiger partial charge in [0.2, 0.25) is 5.91 Å². The molecule has 1 rings (SSSR count). The van der Waals surface area contributed by atoms with Crippen LogP contribution >= 0.6 is 0 Å². The number of alkyl halides is 3. The van der Waals surface area contributed by atoms with Gasteiger partial charge >= 0.3 is 6.18 Å². The van der Waals surface area contributed by atoms with Crippen LogP contribution < -0.4 is 11.1 Å². The van der Waals surface area contributed by atoms with Crippen LogP contribution in [0.15, 0.2) is 24.3 Å². The summed E-state index contributed by atoms with van der Waals surface area (Å²) < 4.78 is 37.5. The SMILES string of the molecule is CC(NCC(O)c1cccc(C(F)(F)F)c1)C(N)=O. The minimum atomic E-state index is -4.45. The van der Waals surface area contributed by atoms with E-state index in [2.05, 4.69) is 5.32 Å². The van der Waals surface area contributed by atoms with Crippen molar-refractivity contribution in [3.05, 3.63) is 35.4 Å². The van der Waals surface area contributed by atoms with Crippen LogP contribution in [-0.4, -0.2) is 23.6 Å². The lowest BCUT2D eigenvalue weighted by molar-refractivity contribution is -0.137. The summed E-state index contributed by atoms with van der Waals surface area (Å²) in [7, 11) is 0. The number of amides is 1. The Morgan fingerprint density at radius 3 is 2.63 bits per heavy atom. The third kappa shape index (κ3) is 4.53. The molecule has 0 aliphatic rings. The minimum absolute atomic E-state index is 0.0641. The molecular formula is C12H15F3N2O2.